The van der Waals surface area contributed by atoms with Crippen molar-refractivity contribution in [3.63, 3.8) is 0 Å². The molecule has 2 N–H and O–H groups in total. The Balaban J connectivity index is 1.72. The molecule has 0 aliphatic carbocycles. The summed E-state index contributed by atoms with van der Waals surface area (Å²) in [6, 6.07) is 8.35. The summed E-state index contributed by atoms with van der Waals surface area (Å²) in [5.74, 6) is 0.684. The molecule has 5 nitrogen and oxygen atoms in total. The first-order valence-electron chi connectivity index (χ1n) is 6.46. The molecular formula is C14H14N4O. The molecule has 0 saturated heterocycles. The molecular weight excluding hydrogens is 240 g/mol. The highest BCUT2D eigenvalue weighted by molar-refractivity contribution is 5.44. The van der Waals surface area contributed by atoms with Crippen LogP contribution in [0, 0.1) is 0 Å². The molecule has 2 aliphatic rings. The summed E-state index contributed by atoms with van der Waals surface area (Å²) in [5.41, 5.74) is 4.27. The number of anilines is 1. The standard InChI is InChI=1S/C14H14N4O/c19-13-11-5-15-6-12(11)16-14(17-13)18-7-9-3-1-2-4-10(9)8-18/h1-4,15H,5-8H2,(H,16,17,19). The van der Waals surface area contributed by atoms with E-state index in [1.165, 1.54) is 11.1 Å². The number of nitrogens with one attached hydrogen (secondary N) is 2. The highest BCUT2D eigenvalue weighted by Crippen LogP contribution is 2.25. The molecule has 0 saturated carbocycles. The Bertz CT molecular complexity index is 682. The van der Waals surface area contributed by atoms with E-state index in [0.29, 0.717) is 19.0 Å². The summed E-state index contributed by atoms with van der Waals surface area (Å²) in [5, 5.41) is 3.16. The van der Waals surface area contributed by atoms with Crippen LogP contribution in [0.25, 0.3) is 0 Å². The second-order valence-electron chi connectivity index (χ2n) is 5.04. The van der Waals surface area contributed by atoms with E-state index >= 15 is 0 Å². The first kappa shape index (κ1) is 10.8. The predicted molar refractivity (Wildman–Crippen MR) is 71.7 cm³/mol. The van der Waals surface area contributed by atoms with Crippen molar-refractivity contribution >= 4 is 5.95 Å². The molecule has 0 atom stereocenters. The SMILES string of the molecule is O=c1[nH]c(N2Cc3ccccc3C2)nc2c1CNC2. The third kappa shape index (κ3) is 1.66. The van der Waals surface area contributed by atoms with Crippen LogP contribution in [0.3, 0.4) is 0 Å². The van der Waals surface area contributed by atoms with Crippen molar-refractivity contribution in [1.82, 2.24) is 15.3 Å². The van der Waals surface area contributed by atoms with Crippen molar-refractivity contribution in [3.05, 3.63) is 57.0 Å². The lowest BCUT2D eigenvalue weighted by atomic mass is 10.1. The Morgan fingerprint density at radius 1 is 1.11 bits per heavy atom. The monoisotopic (exact) mass is 254 g/mol. The summed E-state index contributed by atoms with van der Waals surface area (Å²) in [6.45, 7) is 2.93. The van der Waals surface area contributed by atoms with E-state index in [1.54, 1.807) is 0 Å². The minimum Gasteiger partial charge on any atom is -0.334 e. The van der Waals surface area contributed by atoms with Crippen molar-refractivity contribution in [2.75, 3.05) is 4.90 Å². The van der Waals surface area contributed by atoms with Gasteiger partial charge in [0.2, 0.25) is 5.95 Å². The number of benzene rings is 1. The maximum absolute atomic E-state index is 12.0. The Kier molecular flexibility index (Phi) is 2.22. The number of hydrogen-bond acceptors (Lipinski definition) is 4. The average molecular weight is 254 g/mol. The van der Waals surface area contributed by atoms with E-state index < -0.39 is 0 Å². The third-order valence-corrected chi connectivity index (χ3v) is 3.82. The second-order valence-corrected chi connectivity index (χ2v) is 5.04. The van der Waals surface area contributed by atoms with E-state index in [1.807, 2.05) is 12.1 Å². The fraction of sp³-hybridized carbons (Fsp3) is 0.286. The number of hydrogen-bond donors (Lipinski definition) is 2. The zero-order valence-electron chi connectivity index (χ0n) is 10.4. The van der Waals surface area contributed by atoms with Gasteiger partial charge in [-0.15, -0.1) is 0 Å². The molecule has 2 aromatic rings. The average Bonchev–Trinajstić information content (AvgIpc) is 3.04. The molecule has 1 aromatic heterocycles. The highest BCUT2D eigenvalue weighted by Gasteiger charge is 2.23. The fourth-order valence-electron chi connectivity index (χ4n) is 2.80. The Hall–Kier alpha value is -2.14. The minimum atomic E-state index is -0.0130. The molecule has 4 rings (SSSR count). The van der Waals surface area contributed by atoms with Gasteiger partial charge in [-0.05, 0) is 11.1 Å². The lowest BCUT2D eigenvalue weighted by molar-refractivity contribution is 0.754. The van der Waals surface area contributed by atoms with Crippen LogP contribution in [0.5, 0.6) is 0 Å². The van der Waals surface area contributed by atoms with Crippen molar-refractivity contribution in [2.24, 2.45) is 0 Å². The van der Waals surface area contributed by atoms with Gasteiger partial charge in [0.05, 0.1) is 11.3 Å². The molecule has 3 heterocycles. The second kappa shape index (κ2) is 3.93. The van der Waals surface area contributed by atoms with Crippen LogP contribution < -0.4 is 15.8 Å². The van der Waals surface area contributed by atoms with Crippen molar-refractivity contribution < 1.29 is 0 Å². The molecule has 0 amide bonds. The van der Waals surface area contributed by atoms with Crippen molar-refractivity contribution in [3.8, 4) is 0 Å². The number of nitrogens with zero attached hydrogens (tertiary/aromatic N) is 2. The van der Waals surface area contributed by atoms with Gasteiger partial charge in [-0.25, -0.2) is 4.98 Å². The third-order valence-electron chi connectivity index (χ3n) is 3.82. The van der Waals surface area contributed by atoms with Gasteiger partial charge in [0.1, 0.15) is 0 Å². The smallest absolute Gasteiger partial charge is 0.257 e. The molecule has 0 spiro atoms. The zero-order chi connectivity index (χ0) is 12.8. The normalized spacial score (nSPS) is 16.5. The fourth-order valence-corrected chi connectivity index (χ4v) is 2.80. The summed E-state index contributed by atoms with van der Waals surface area (Å²) in [4.78, 5) is 21.6. The van der Waals surface area contributed by atoms with Gasteiger partial charge < -0.3 is 10.2 Å². The lowest BCUT2D eigenvalue weighted by Gasteiger charge is -2.16. The Morgan fingerprint density at radius 3 is 2.58 bits per heavy atom. The molecule has 0 fully saturated rings. The molecule has 0 unspecified atom stereocenters. The first-order chi connectivity index (χ1) is 9.31. The van der Waals surface area contributed by atoms with Crippen LogP contribution in [0.1, 0.15) is 22.4 Å². The first-order valence-corrected chi connectivity index (χ1v) is 6.46. The van der Waals surface area contributed by atoms with Crippen LogP contribution in [0.2, 0.25) is 0 Å². The van der Waals surface area contributed by atoms with Gasteiger partial charge in [0, 0.05) is 26.2 Å². The van der Waals surface area contributed by atoms with E-state index in [4.69, 9.17) is 0 Å². The van der Waals surface area contributed by atoms with E-state index in [0.717, 1.165) is 24.3 Å². The topological polar surface area (TPSA) is 61.0 Å². The van der Waals surface area contributed by atoms with Crippen molar-refractivity contribution in [1.29, 1.82) is 0 Å². The summed E-state index contributed by atoms with van der Waals surface area (Å²) in [6.07, 6.45) is 0. The molecule has 2 aliphatic heterocycles. The Morgan fingerprint density at radius 2 is 1.84 bits per heavy atom. The lowest BCUT2D eigenvalue weighted by Crippen LogP contribution is -2.24. The van der Waals surface area contributed by atoms with E-state index in [9.17, 15) is 4.79 Å². The number of aromatic amines is 1. The minimum absolute atomic E-state index is 0.0130. The van der Waals surface area contributed by atoms with Crippen LogP contribution in [0.4, 0.5) is 5.95 Å². The van der Waals surface area contributed by atoms with E-state index in [-0.39, 0.29) is 5.56 Å². The number of H-pyrrole nitrogens is 1. The van der Waals surface area contributed by atoms with Gasteiger partial charge in [-0.3, -0.25) is 9.78 Å². The van der Waals surface area contributed by atoms with Gasteiger partial charge in [0.15, 0.2) is 0 Å². The van der Waals surface area contributed by atoms with Gasteiger partial charge in [-0.1, -0.05) is 24.3 Å². The Labute approximate surface area is 110 Å². The van der Waals surface area contributed by atoms with Gasteiger partial charge in [0.25, 0.3) is 5.56 Å². The number of fused-ring (bicyclic) bond motifs is 2. The summed E-state index contributed by atoms with van der Waals surface area (Å²) >= 11 is 0. The quantitative estimate of drug-likeness (QED) is 0.793. The van der Waals surface area contributed by atoms with Crippen LogP contribution in [-0.4, -0.2) is 9.97 Å². The molecule has 0 radical (unpaired) electrons. The van der Waals surface area contributed by atoms with Crippen LogP contribution in [0.15, 0.2) is 29.1 Å². The van der Waals surface area contributed by atoms with E-state index in [2.05, 4.69) is 32.3 Å². The van der Waals surface area contributed by atoms with Crippen LogP contribution >= 0.6 is 0 Å². The summed E-state index contributed by atoms with van der Waals surface area (Å²) in [7, 11) is 0. The predicted octanol–water partition coefficient (Wildman–Crippen LogP) is 0.893. The maximum atomic E-state index is 12.0. The zero-order valence-corrected chi connectivity index (χ0v) is 10.4. The summed E-state index contributed by atoms with van der Waals surface area (Å²) < 4.78 is 0. The molecule has 96 valence electrons. The molecule has 1 aromatic carbocycles. The van der Waals surface area contributed by atoms with Crippen molar-refractivity contribution in [2.45, 2.75) is 26.2 Å². The maximum Gasteiger partial charge on any atom is 0.257 e. The molecule has 19 heavy (non-hydrogen) atoms. The molecule has 5 heteroatoms. The van der Waals surface area contributed by atoms with Gasteiger partial charge >= 0.3 is 0 Å². The van der Waals surface area contributed by atoms with Crippen LogP contribution in [-0.2, 0) is 26.2 Å². The number of aromatic nitrogens is 2. The molecule has 0 bridgehead atoms. The number of rotatable bonds is 1. The van der Waals surface area contributed by atoms with Gasteiger partial charge in [-0.2, -0.15) is 0 Å². The highest BCUT2D eigenvalue weighted by atomic mass is 16.1. The largest absolute Gasteiger partial charge is 0.334 e.